The summed E-state index contributed by atoms with van der Waals surface area (Å²) in [6, 6.07) is 8.77. The molecule has 0 radical (unpaired) electrons. The van der Waals surface area contributed by atoms with Crippen LogP contribution < -0.4 is 16.0 Å². The molecule has 28 heavy (non-hydrogen) atoms. The minimum absolute atomic E-state index is 0.319. The van der Waals surface area contributed by atoms with Gasteiger partial charge in [-0.25, -0.2) is 18.4 Å². The predicted octanol–water partition coefficient (Wildman–Crippen LogP) is 0.759. The van der Waals surface area contributed by atoms with Crippen molar-refractivity contribution < 1.29 is 8.42 Å². The van der Waals surface area contributed by atoms with Gasteiger partial charge in [0.05, 0.1) is 10.6 Å². The zero-order valence-corrected chi connectivity index (χ0v) is 16.6. The zero-order valence-electron chi connectivity index (χ0n) is 15.8. The molecule has 9 heteroatoms. The Morgan fingerprint density at radius 1 is 1.07 bits per heavy atom. The van der Waals surface area contributed by atoms with Gasteiger partial charge in [0, 0.05) is 44.5 Å². The van der Waals surface area contributed by atoms with Gasteiger partial charge in [-0.2, -0.15) is 4.31 Å². The molecule has 4 rings (SSSR count). The summed E-state index contributed by atoms with van der Waals surface area (Å²) in [6.07, 6.45) is 2.89. The van der Waals surface area contributed by atoms with Crippen LogP contribution in [0.25, 0.3) is 11.3 Å². The van der Waals surface area contributed by atoms with Gasteiger partial charge in [-0.3, -0.25) is 0 Å². The van der Waals surface area contributed by atoms with Crippen molar-refractivity contribution in [3.63, 3.8) is 0 Å². The Morgan fingerprint density at radius 2 is 1.86 bits per heavy atom. The molecule has 0 unspecified atom stereocenters. The number of hydrogen-bond donors (Lipinski definition) is 3. The number of nitrogens with zero attached hydrogens (tertiary/aromatic N) is 3. The molecule has 2 aliphatic rings. The van der Waals surface area contributed by atoms with Crippen LogP contribution in [0.1, 0.15) is 6.42 Å². The van der Waals surface area contributed by atoms with Crippen molar-refractivity contribution >= 4 is 16.0 Å². The van der Waals surface area contributed by atoms with E-state index in [1.807, 2.05) is 18.2 Å². The van der Waals surface area contributed by atoms with E-state index in [1.165, 1.54) is 4.31 Å². The molecule has 2 aliphatic heterocycles. The molecular formula is C19H26N6O2S. The highest BCUT2D eigenvalue weighted by molar-refractivity contribution is 7.89. The third kappa shape index (κ3) is 4.33. The Hall–Kier alpha value is -2.07. The van der Waals surface area contributed by atoms with Gasteiger partial charge in [0.1, 0.15) is 0 Å². The number of piperazine rings is 1. The molecule has 150 valence electrons. The van der Waals surface area contributed by atoms with Crippen LogP contribution in [0.2, 0.25) is 0 Å². The number of anilines is 1. The fourth-order valence-corrected chi connectivity index (χ4v) is 5.00. The second-order valence-corrected chi connectivity index (χ2v) is 9.12. The highest BCUT2D eigenvalue weighted by Gasteiger charge is 2.25. The maximum atomic E-state index is 12.8. The highest BCUT2D eigenvalue weighted by Crippen LogP contribution is 2.22. The van der Waals surface area contributed by atoms with Crippen molar-refractivity contribution in [2.45, 2.75) is 11.3 Å². The molecule has 0 spiro atoms. The quantitative estimate of drug-likeness (QED) is 0.656. The van der Waals surface area contributed by atoms with Crippen LogP contribution in [0.15, 0.2) is 41.4 Å². The normalized spacial score (nSPS) is 20.9. The van der Waals surface area contributed by atoms with Gasteiger partial charge in [0.15, 0.2) is 0 Å². The highest BCUT2D eigenvalue weighted by atomic mass is 32.2. The van der Waals surface area contributed by atoms with Gasteiger partial charge in [-0.15, -0.1) is 0 Å². The Bertz CT molecular complexity index is 891. The molecule has 3 N–H and O–H groups in total. The maximum absolute atomic E-state index is 12.8. The SMILES string of the molecule is O=S(=O)(c1ccc(-c2ccnc(NC[C@H]3CCNC3)n2)cc1)N1CCNCC1. The number of nitrogens with one attached hydrogen (secondary N) is 3. The summed E-state index contributed by atoms with van der Waals surface area (Å²) in [7, 11) is -3.44. The number of benzene rings is 1. The molecule has 2 fully saturated rings. The summed E-state index contributed by atoms with van der Waals surface area (Å²) in [5.41, 5.74) is 1.64. The fourth-order valence-electron chi connectivity index (χ4n) is 3.56. The van der Waals surface area contributed by atoms with Gasteiger partial charge < -0.3 is 16.0 Å². The fraction of sp³-hybridized carbons (Fsp3) is 0.474. The molecule has 0 saturated carbocycles. The van der Waals surface area contributed by atoms with E-state index in [0.717, 1.165) is 37.3 Å². The first kappa shape index (κ1) is 19.3. The third-order valence-corrected chi connectivity index (χ3v) is 7.14. The predicted molar refractivity (Wildman–Crippen MR) is 109 cm³/mol. The average molecular weight is 403 g/mol. The Balaban J connectivity index is 1.46. The van der Waals surface area contributed by atoms with Crippen LogP contribution >= 0.6 is 0 Å². The topological polar surface area (TPSA) is 99.2 Å². The maximum Gasteiger partial charge on any atom is 0.243 e. The van der Waals surface area contributed by atoms with Crippen molar-refractivity contribution in [1.29, 1.82) is 0 Å². The largest absolute Gasteiger partial charge is 0.354 e. The van der Waals surface area contributed by atoms with Crippen LogP contribution in [-0.4, -0.2) is 68.5 Å². The summed E-state index contributed by atoms with van der Waals surface area (Å²) >= 11 is 0. The lowest BCUT2D eigenvalue weighted by atomic mass is 10.1. The van der Waals surface area contributed by atoms with E-state index in [1.54, 1.807) is 18.3 Å². The van der Waals surface area contributed by atoms with Crippen LogP contribution in [0, 0.1) is 5.92 Å². The van der Waals surface area contributed by atoms with E-state index in [0.29, 0.717) is 42.9 Å². The first-order chi connectivity index (χ1) is 13.6. The van der Waals surface area contributed by atoms with Crippen molar-refractivity contribution in [1.82, 2.24) is 24.9 Å². The second kappa shape index (κ2) is 8.52. The second-order valence-electron chi connectivity index (χ2n) is 7.18. The van der Waals surface area contributed by atoms with Crippen LogP contribution in [-0.2, 0) is 10.0 Å². The molecule has 2 saturated heterocycles. The van der Waals surface area contributed by atoms with Gasteiger partial charge in [-0.05, 0) is 43.6 Å². The molecule has 2 aromatic rings. The lowest BCUT2D eigenvalue weighted by Crippen LogP contribution is -2.46. The first-order valence-electron chi connectivity index (χ1n) is 9.72. The summed E-state index contributed by atoms with van der Waals surface area (Å²) in [5.74, 6) is 1.20. The minimum atomic E-state index is -3.44. The van der Waals surface area contributed by atoms with Crippen LogP contribution in [0.4, 0.5) is 5.95 Å². The summed E-state index contributed by atoms with van der Waals surface area (Å²) in [6.45, 7) is 5.31. The lowest BCUT2D eigenvalue weighted by Gasteiger charge is -2.26. The molecule has 1 aromatic carbocycles. The van der Waals surface area contributed by atoms with E-state index in [4.69, 9.17) is 0 Å². The van der Waals surface area contributed by atoms with Crippen LogP contribution in [0.5, 0.6) is 0 Å². The molecule has 0 amide bonds. The first-order valence-corrected chi connectivity index (χ1v) is 11.2. The van der Waals surface area contributed by atoms with E-state index in [9.17, 15) is 8.42 Å². The van der Waals surface area contributed by atoms with E-state index in [-0.39, 0.29) is 0 Å². The zero-order chi connectivity index (χ0) is 19.4. The molecule has 1 aromatic heterocycles. The third-order valence-electron chi connectivity index (χ3n) is 5.23. The van der Waals surface area contributed by atoms with Gasteiger partial charge in [0.2, 0.25) is 16.0 Å². The van der Waals surface area contributed by atoms with E-state index >= 15 is 0 Å². The monoisotopic (exact) mass is 402 g/mol. The van der Waals surface area contributed by atoms with Crippen LogP contribution in [0.3, 0.4) is 0 Å². The van der Waals surface area contributed by atoms with Gasteiger partial charge >= 0.3 is 0 Å². The number of aromatic nitrogens is 2. The molecule has 3 heterocycles. The minimum Gasteiger partial charge on any atom is -0.354 e. The number of sulfonamides is 1. The van der Waals surface area contributed by atoms with E-state index < -0.39 is 10.0 Å². The van der Waals surface area contributed by atoms with Crippen molar-refractivity contribution in [3.05, 3.63) is 36.5 Å². The lowest BCUT2D eigenvalue weighted by molar-refractivity contribution is 0.360. The standard InChI is InChI=1S/C19H26N6O2S/c26-28(27,25-11-9-20-10-12-25)17-3-1-16(2-4-17)18-6-8-22-19(24-18)23-14-15-5-7-21-13-15/h1-4,6,8,15,20-21H,5,7,9-14H2,(H,22,23,24)/t15-/m0/s1. The average Bonchev–Trinajstić information content (AvgIpc) is 3.27. The molecule has 1 atom stereocenters. The van der Waals surface area contributed by atoms with E-state index in [2.05, 4.69) is 25.9 Å². The van der Waals surface area contributed by atoms with Crippen molar-refractivity contribution in [2.24, 2.45) is 5.92 Å². The van der Waals surface area contributed by atoms with Gasteiger partial charge in [-0.1, -0.05) is 12.1 Å². The Labute approximate surface area is 165 Å². The van der Waals surface area contributed by atoms with Gasteiger partial charge in [0.25, 0.3) is 0 Å². The molecule has 8 nitrogen and oxygen atoms in total. The smallest absolute Gasteiger partial charge is 0.243 e. The molecule has 0 bridgehead atoms. The number of hydrogen-bond acceptors (Lipinski definition) is 7. The summed E-state index contributed by atoms with van der Waals surface area (Å²) < 4.78 is 27.0. The Morgan fingerprint density at radius 3 is 2.57 bits per heavy atom. The molecular weight excluding hydrogens is 376 g/mol. The van der Waals surface area contributed by atoms with Crippen molar-refractivity contribution in [2.75, 3.05) is 51.1 Å². The molecule has 0 aliphatic carbocycles. The number of rotatable bonds is 6. The summed E-state index contributed by atoms with van der Waals surface area (Å²) in [4.78, 5) is 9.19. The summed E-state index contributed by atoms with van der Waals surface area (Å²) in [5, 5.41) is 9.83. The Kier molecular flexibility index (Phi) is 5.86. The van der Waals surface area contributed by atoms with Crippen molar-refractivity contribution in [3.8, 4) is 11.3 Å².